The Morgan fingerprint density at radius 3 is 2.60 bits per heavy atom. The van der Waals surface area contributed by atoms with Crippen LogP contribution in [0, 0.1) is 5.92 Å². The Kier molecular flexibility index (Phi) is 8.76. The first-order chi connectivity index (χ1) is 17.0. The fourth-order valence-electron chi connectivity index (χ4n) is 5.14. The molecular weight excluding hydrogens is 448 g/mol. The molecule has 0 radical (unpaired) electrons. The number of likely N-dealkylation sites (tertiary alicyclic amines) is 1. The summed E-state index contributed by atoms with van der Waals surface area (Å²) in [6.45, 7) is 2.64. The Morgan fingerprint density at radius 1 is 1.11 bits per heavy atom. The largest absolute Gasteiger partial charge is 0.480 e. The Labute approximate surface area is 205 Å². The lowest BCUT2D eigenvalue weighted by Gasteiger charge is -2.34. The van der Waals surface area contributed by atoms with Gasteiger partial charge in [0.05, 0.1) is 6.10 Å². The molecule has 2 aliphatic heterocycles. The normalized spacial score (nSPS) is 18.5. The molecule has 9 nitrogen and oxygen atoms in total. The monoisotopic (exact) mass is 484 g/mol. The van der Waals surface area contributed by atoms with Crippen molar-refractivity contribution in [2.75, 3.05) is 32.8 Å². The van der Waals surface area contributed by atoms with Gasteiger partial charge in [0, 0.05) is 43.0 Å². The maximum absolute atomic E-state index is 13.5. The number of aromatic nitrogens is 1. The quantitative estimate of drug-likeness (QED) is 0.409. The summed E-state index contributed by atoms with van der Waals surface area (Å²) in [5.74, 6) is -0.618. The third-order valence-corrected chi connectivity index (χ3v) is 7.17. The van der Waals surface area contributed by atoms with Crippen LogP contribution in [0.15, 0.2) is 30.5 Å². The van der Waals surface area contributed by atoms with Gasteiger partial charge in [0.15, 0.2) is 0 Å². The number of hydrogen-bond acceptors (Lipinski definition) is 5. The highest BCUT2D eigenvalue weighted by Crippen LogP contribution is 2.22. The summed E-state index contributed by atoms with van der Waals surface area (Å²) in [5.41, 5.74) is 2.00. The predicted octanol–water partition coefficient (Wildman–Crippen LogP) is 2.07. The predicted molar refractivity (Wildman–Crippen MR) is 132 cm³/mol. The van der Waals surface area contributed by atoms with E-state index in [0.717, 1.165) is 48.8 Å². The third-order valence-electron chi connectivity index (χ3n) is 7.17. The number of carbonyl (C=O) groups is 3. The van der Waals surface area contributed by atoms with Gasteiger partial charge in [-0.1, -0.05) is 18.2 Å². The summed E-state index contributed by atoms with van der Waals surface area (Å²) < 4.78 is 5.40. The molecule has 0 unspecified atom stereocenters. The number of nitrogens with zero attached hydrogens (tertiary/aromatic N) is 1. The minimum absolute atomic E-state index is 0.0820. The first-order valence-electron chi connectivity index (χ1n) is 12.7. The maximum Gasteiger partial charge on any atom is 0.329 e. The number of rotatable bonds is 10. The van der Waals surface area contributed by atoms with Crippen LogP contribution in [0.3, 0.4) is 0 Å². The number of amides is 2. The second-order valence-corrected chi connectivity index (χ2v) is 9.65. The van der Waals surface area contributed by atoms with Crippen molar-refractivity contribution in [3.63, 3.8) is 0 Å². The molecule has 190 valence electrons. The van der Waals surface area contributed by atoms with Crippen molar-refractivity contribution < 1.29 is 24.2 Å². The van der Waals surface area contributed by atoms with Gasteiger partial charge >= 0.3 is 5.97 Å². The van der Waals surface area contributed by atoms with Crippen LogP contribution in [0.2, 0.25) is 0 Å². The summed E-state index contributed by atoms with van der Waals surface area (Å²) in [6.07, 6.45) is 6.77. The number of hydrogen-bond donors (Lipinski definition) is 4. The smallest absolute Gasteiger partial charge is 0.329 e. The molecule has 1 atom stereocenters. The second kappa shape index (κ2) is 12.2. The molecule has 1 aromatic heterocycles. The second-order valence-electron chi connectivity index (χ2n) is 9.65. The zero-order valence-corrected chi connectivity index (χ0v) is 20.1. The zero-order valence-electron chi connectivity index (χ0n) is 20.1. The van der Waals surface area contributed by atoms with Gasteiger partial charge in [-0.3, -0.25) is 9.59 Å². The van der Waals surface area contributed by atoms with Crippen LogP contribution < -0.4 is 10.6 Å². The lowest BCUT2D eigenvalue weighted by molar-refractivity contribution is -0.147. The van der Waals surface area contributed by atoms with Crippen molar-refractivity contribution in [3.8, 4) is 0 Å². The number of para-hydroxylation sites is 1. The van der Waals surface area contributed by atoms with Crippen molar-refractivity contribution in [1.29, 1.82) is 0 Å². The molecule has 0 saturated carbocycles. The lowest BCUT2D eigenvalue weighted by atomic mass is 9.93. The Hall–Kier alpha value is -2.91. The van der Waals surface area contributed by atoms with Gasteiger partial charge in [-0.25, -0.2) is 4.79 Å². The number of benzene rings is 1. The van der Waals surface area contributed by atoms with Gasteiger partial charge in [0.2, 0.25) is 11.8 Å². The van der Waals surface area contributed by atoms with Crippen molar-refractivity contribution in [2.45, 2.75) is 57.1 Å². The van der Waals surface area contributed by atoms with Crippen LogP contribution in [0.5, 0.6) is 0 Å². The summed E-state index contributed by atoms with van der Waals surface area (Å²) in [6, 6.07) is 7.30. The van der Waals surface area contributed by atoms with Gasteiger partial charge in [-0.2, -0.15) is 0 Å². The van der Waals surface area contributed by atoms with Crippen LogP contribution in [0.1, 0.15) is 44.1 Å². The number of H-pyrrole nitrogens is 1. The van der Waals surface area contributed by atoms with Crippen LogP contribution in [0.4, 0.5) is 0 Å². The van der Waals surface area contributed by atoms with E-state index in [0.29, 0.717) is 44.7 Å². The fraction of sp³-hybridized carbons (Fsp3) is 0.577. The van der Waals surface area contributed by atoms with E-state index in [4.69, 9.17) is 9.84 Å². The molecule has 2 amide bonds. The number of aliphatic carboxylic acids is 1. The highest BCUT2D eigenvalue weighted by molar-refractivity contribution is 5.89. The lowest BCUT2D eigenvalue weighted by Crippen LogP contribution is -2.52. The highest BCUT2D eigenvalue weighted by atomic mass is 16.5. The molecule has 1 aromatic carbocycles. The van der Waals surface area contributed by atoms with Crippen molar-refractivity contribution in [1.82, 2.24) is 20.5 Å². The standard InChI is InChI=1S/C26H36N4O5/c31-24(6-5-18-7-11-27-12-8-18)29-23(15-19-16-28-22-4-2-1-3-21(19)22)26(34)30-13-9-20(10-14-30)35-17-25(32)33/h1-4,16,18,20,23,27-28H,5-15,17H2,(H,29,31)(H,32,33)/t23-/m0/s1. The molecule has 2 aliphatic rings. The van der Waals surface area contributed by atoms with Crippen molar-refractivity contribution in [3.05, 3.63) is 36.0 Å². The fourth-order valence-corrected chi connectivity index (χ4v) is 5.14. The van der Waals surface area contributed by atoms with Crippen LogP contribution in [0.25, 0.3) is 10.9 Å². The number of carbonyl (C=O) groups excluding carboxylic acids is 2. The summed E-state index contributed by atoms with van der Waals surface area (Å²) in [4.78, 5) is 42.2. The first kappa shape index (κ1) is 25.2. The molecule has 4 rings (SSSR count). The number of carboxylic acids is 1. The number of nitrogens with one attached hydrogen (secondary N) is 3. The average molecular weight is 485 g/mol. The molecule has 3 heterocycles. The molecule has 0 spiro atoms. The Bertz CT molecular complexity index is 1010. The molecule has 4 N–H and O–H groups in total. The van der Waals surface area contributed by atoms with Crippen LogP contribution >= 0.6 is 0 Å². The molecule has 35 heavy (non-hydrogen) atoms. The maximum atomic E-state index is 13.5. The van der Waals surface area contributed by atoms with Gasteiger partial charge in [0.1, 0.15) is 12.6 Å². The highest BCUT2D eigenvalue weighted by Gasteiger charge is 2.30. The zero-order chi connectivity index (χ0) is 24.6. The molecule has 2 fully saturated rings. The molecule has 9 heteroatoms. The molecule has 2 aromatic rings. The molecule has 0 aliphatic carbocycles. The summed E-state index contributed by atoms with van der Waals surface area (Å²) >= 11 is 0. The van der Waals surface area contributed by atoms with E-state index >= 15 is 0 Å². The van der Waals surface area contributed by atoms with Gasteiger partial charge in [0.25, 0.3) is 0 Å². The summed E-state index contributed by atoms with van der Waals surface area (Å²) in [5, 5.41) is 16.3. The Balaban J connectivity index is 1.39. The SMILES string of the molecule is O=C(O)COC1CCN(C(=O)[C@H](Cc2c[nH]c3ccccc23)NC(=O)CCC2CCNCC2)CC1. The van der Waals surface area contributed by atoms with Crippen molar-refractivity contribution in [2.24, 2.45) is 5.92 Å². The van der Waals surface area contributed by atoms with E-state index in [1.54, 1.807) is 4.90 Å². The number of fused-ring (bicyclic) bond motifs is 1. The minimum atomic E-state index is -0.991. The minimum Gasteiger partial charge on any atom is -0.480 e. The van der Waals surface area contributed by atoms with E-state index in [1.807, 2.05) is 30.5 Å². The Morgan fingerprint density at radius 2 is 1.86 bits per heavy atom. The van der Waals surface area contributed by atoms with Gasteiger partial charge in [-0.05, 0) is 62.7 Å². The topological polar surface area (TPSA) is 124 Å². The van der Waals surface area contributed by atoms with Gasteiger partial charge in [-0.15, -0.1) is 0 Å². The number of piperidine rings is 2. The van der Waals surface area contributed by atoms with E-state index in [-0.39, 0.29) is 24.5 Å². The molecular formula is C26H36N4O5. The van der Waals surface area contributed by atoms with E-state index in [1.165, 1.54) is 0 Å². The van der Waals surface area contributed by atoms with Crippen LogP contribution in [-0.4, -0.2) is 77.7 Å². The average Bonchev–Trinajstić information content (AvgIpc) is 3.29. The van der Waals surface area contributed by atoms with Gasteiger partial charge < -0.3 is 30.4 Å². The van der Waals surface area contributed by atoms with E-state index in [9.17, 15) is 14.4 Å². The van der Waals surface area contributed by atoms with E-state index in [2.05, 4.69) is 15.6 Å². The number of carboxylic acid groups (broad SMARTS) is 1. The molecule has 2 saturated heterocycles. The van der Waals surface area contributed by atoms with Crippen molar-refractivity contribution >= 4 is 28.7 Å². The van der Waals surface area contributed by atoms with Crippen LogP contribution in [-0.2, 0) is 25.5 Å². The molecule has 0 bridgehead atoms. The first-order valence-corrected chi connectivity index (χ1v) is 12.7. The number of aromatic amines is 1. The van der Waals surface area contributed by atoms with E-state index < -0.39 is 12.0 Å². The number of ether oxygens (including phenoxy) is 1. The summed E-state index contributed by atoms with van der Waals surface area (Å²) in [7, 11) is 0. The third kappa shape index (κ3) is 7.05.